The minimum atomic E-state index is 0. The van der Waals surface area contributed by atoms with Crippen LogP contribution in [0.15, 0.2) is 24.3 Å². The van der Waals surface area contributed by atoms with Crippen molar-refractivity contribution in [1.29, 1.82) is 0 Å². The average Bonchev–Trinajstić information content (AvgIpc) is 1.62. The van der Waals surface area contributed by atoms with Gasteiger partial charge in [-0.25, -0.2) is 0 Å². The van der Waals surface area contributed by atoms with Crippen LogP contribution in [0.25, 0.3) is 0 Å². The van der Waals surface area contributed by atoms with Gasteiger partial charge in [0.05, 0.1) is 0 Å². The van der Waals surface area contributed by atoms with E-state index in [1.54, 1.807) is 0 Å². The molecule has 0 heterocycles. The van der Waals surface area contributed by atoms with Crippen LogP contribution in [0.4, 0.5) is 0 Å². The smallest absolute Gasteiger partial charge is 0 e. The molecule has 10 heavy (non-hydrogen) atoms. The number of allylic oxidation sites excluding steroid dienone is 4. The van der Waals surface area contributed by atoms with Crippen molar-refractivity contribution in [3.05, 3.63) is 24.3 Å². The third-order valence-corrected chi connectivity index (χ3v) is 1.33. The Morgan fingerprint density at radius 3 is 1.00 bits per heavy atom. The molecule has 1 aliphatic carbocycles. The molecule has 0 aromatic heterocycles. The Morgan fingerprint density at radius 1 is 0.600 bits per heavy atom. The summed E-state index contributed by atoms with van der Waals surface area (Å²) in [4.78, 5) is 0. The molecule has 0 unspecified atom stereocenters. The van der Waals surface area contributed by atoms with Crippen molar-refractivity contribution in [3.63, 3.8) is 0 Å². The second kappa shape index (κ2) is 9.43. The fraction of sp³-hybridized carbons (Fsp3) is 0.500. The van der Waals surface area contributed by atoms with Crippen molar-refractivity contribution < 1.29 is 20.4 Å². The van der Waals surface area contributed by atoms with Crippen LogP contribution >= 0.6 is 12.4 Å². The van der Waals surface area contributed by atoms with E-state index >= 15 is 0 Å². The molecule has 0 saturated carbocycles. The summed E-state index contributed by atoms with van der Waals surface area (Å²) in [6.45, 7) is 0. The van der Waals surface area contributed by atoms with Crippen molar-refractivity contribution in [2.45, 2.75) is 25.7 Å². The summed E-state index contributed by atoms with van der Waals surface area (Å²) in [6, 6.07) is 0. The monoisotopic (exact) mass is 250 g/mol. The van der Waals surface area contributed by atoms with Gasteiger partial charge in [-0.15, -0.1) is 12.4 Å². The summed E-state index contributed by atoms with van der Waals surface area (Å²) in [5, 5.41) is 0. The number of hydrogen-bond donors (Lipinski definition) is 0. The average molecular weight is 251 g/mol. The molecule has 0 fully saturated rings. The van der Waals surface area contributed by atoms with Gasteiger partial charge in [-0.05, 0) is 25.7 Å². The molecule has 62 valence electrons. The summed E-state index contributed by atoms with van der Waals surface area (Å²) in [6.07, 6.45) is 14.0. The molecule has 0 saturated heterocycles. The topological polar surface area (TPSA) is 0 Å². The standard InChI is InChI=1S/C8H12.ClH.Pd/c1-2-4-6-8-7-5-3-1;;/h1-2,7-8H,3-6H2;1H;/b2-1-,8-7?;;. The van der Waals surface area contributed by atoms with Gasteiger partial charge in [-0.1, -0.05) is 24.3 Å². The van der Waals surface area contributed by atoms with Gasteiger partial charge in [0.2, 0.25) is 0 Å². The third-order valence-electron chi connectivity index (χ3n) is 1.33. The van der Waals surface area contributed by atoms with Gasteiger partial charge in [0.1, 0.15) is 0 Å². The van der Waals surface area contributed by atoms with Crippen LogP contribution in [0.3, 0.4) is 0 Å². The van der Waals surface area contributed by atoms with Crippen molar-refractivity contribution in [1.82, 2.24) is 0 Å². The van der Waals surface area contributed by atoms with Gasteiger partial charge in [-0.3, -0.25) is 0 Å². The molecule has 0 spiro atoms. The van der Waals surface area contributed by atoms with Gasteiger partial charge in [-0.2, -0.15) is 0 Å². The Bertz CT molecular complexity index is 81.8. The first-order valence-corrected chi connectivity index (χ1v) is 3.30. The molecule has 0 amide bonds. The van der Waals surface area contributed by atoms with E-state index in [9.17, 15) is 0 Å². The summed E-state index contributed by atoms with van der Waals surface area (Å²) in [5.74, 6) is 0. The van der Waals surface area contributed by atoms with Gasteiger partial charge in [0, 0.05) is 20.4 Å². The maximum atomic E-state index is 2.27. The van der Waals surface area contributed by atoms with Crippen LogP contribution in [0.1, 0.15) is 25.7 Å². The number of rotatable bonds is 0. The Kier molecular flexibility index (Phi) is 12.3. The van der Waals surface area contributed by atoms with Crippen molar-refractivity contribution in [2.75, 3.05) is 0 Å². The molecule has 0 aliphatic heterocycles. The zero-order valence-electron chi connectivity index (χ0n) is 5.86. The predicted octanol–water partition coefficient (Wildman–Crippen LogP) is 3.09. The number of halogens is 1. The molecule has 2 heteroatoms. The summed E-state index contributed by atoms with van der Waals surface area (Å²) in [7, 11) is 0. The quantitative estimate of drug-likeness (QED) is 0.458. The van der Waals surface area contributed by atoms with Crippen LogP contribution in [0.5, 0.6) is 0 Å². The molecule has 0 aromatic rings. The minimum Gasteiger partial charge on any atom is -0.147 e. The first-order valence-electron chi connectivity index (χ1n) is 3.30. The molecular weight excluding hydrogens is 238 g/mol. The zero-order chi connectivity index (χ0) is 5.66. The largest absolute Gasteiger partial charge is 0.147 e. The van der Waals surface area contributed by atoms with Crippen LogP contribution in [0.2, 0.25) is 0 Å². The fourth-order valence-electron chi connectivity index (χ4n) is 0.856. The third kappa shape index (κ3) is 6.55. The molecule has 0 N–H and O–H groups in total. The molecule has 0 bridgehead atoms. The maximum Gasteiger partial charge on any atom is 0 e. The van der Waals surface area contributed by atoms with E-state index in [-0.39, 0.29) is 32.8 Å². The van der Waals surface area contributed by atoms with Crippen LogP contribution < -0.4 is 0 Å². The second-order valence-corrected chi connectivity index (χ2v) is 2.10. The summed E-state index contributed by atoms with van der Waals surface area (Å²) in [5.41, 5.74) is 0. The molecule has 0 aromatic carbocycles. The van der Waals surface area contributed by atoms with Crippen LogP contribution in [-0.2, 0) is 20.4 Å². The van der Waals surface area contributed by atoms with E-state index < -0.39 is 0 Å². The van der Waals surface area contributed by atoms with Gasteiger partial charge in [0.25, 0.3) is 0 Å². The maximum absolute atomic E-state index is 2.27. The van der Waals surface area contributed by atoms with E-state index in [4.69, 9.17) is 0 Å². The molecule has 0 radical (unpaired) electrons. The van der Waals surface area contributed by atoms with Crippen molar-refractivity contribution >= 4 is 12.4 Å². The zero-order valence-corrected chi connectivity index (χ0v) is 8.23. The summed E-state index contributed by atoms with van der Waals surface area (Å²) < 4.78 is 0. The minimum absolute atomic E-state index is 0. The van der Waals surface area contributed by atoms with E-state index in [0.717, 1.165) is 0 Å². The molecular formula is C8H13ClPd. The van der Waals surface area contributed by atoms with E-state index in [2.05, 4.69) is 24.3 Å². The van der Waals surface area contributed by atoms with E-state index in [0.29, 0.717) is 0 Å². The molecule has 0 atom stereocenters. The van der Waals surface area contributed by atoms with Crippen LogP contribution in [0, 0.1) is 0 Å². The molecule has 0 nitrogen and oxygen atoms in total. The number of hydrogen-bond acceptors (Lipinski definition) is 0. The molecule has 1 aliphatic rings. The molecule has 1 rings (SSSR count). The van der Waals surface area contributed by atoms with Gasteiger partial charge in [0.15, 0.2) is 0 Å². The summed E-state index contributed by atoms with van der Waals surface area (Å²) >= 11 is 0. The predicted molar refractivity (Wildman–Crippen MR) is 44.0 cm³/mol. The van der Waals surface area contributed by atoms with Crippen molar-refractivity contribution in [3.8, 4) is 0 Å². The normalized spacial score (nSPS) is 19.2. The first-order chi connectivity index (χ1) is 4.00. The Morgan fingerprint density at radius 2 is 0.800 bits per heavy atom. The van der Waals surface area contributed by atoms with E-state index in [1.165, 1.54) is 25.7 Å². The first kappa shape index (κ1) is 13.1. The van der Waals surface area contributed by atoms with E-state index in [1.807, 2.05) is 0 Å². The Balaban J connectivity index is 0. The Labute approximate surface area is 82.8 Å². The Hall–Kier alpha value is 0.432. The van der Waals surface area contributed by atoms with Gasteiger partial charge >= 0.3 is 0 Å². The fourth-order valence-corrected chi connectivity index (χ4v) is 0.856. The SMILES string of the molecule is C1=CCC/C=C\CC1.Cl.[Pd]. The van der Waals surface area contributed by atoms with Gasteiger partial charge < -0.3 is 0 Å². The second-order valence-electron chi connectivity index (χ2n) is 2.10. The van der Waals surface area contributed by atoms with Crippen LogP contribution in [-0.4, -0.2) is 0 Å². The van der Waals surface area contributed by atoms with Crippen molar-refractivity contribution in [2.24, 2.45) is 0 Å².